The number of amides is 1. The number of carboxylic acids is 1. The second-order valence-corrected chi connectivity index (χ2v) is 7.07. The third kappa shape index (κ3) is 4.14. The number of carboxylic acid groups (broad SMARTS) is 1. The molecule has 0 saturated carbocycles. The van der Waals surface area contributed by atoms with E-state index in [0.29, 0.717) is 6.42 Å². The maximum Gasteiger partial charge on any atom is 0.243 e. The van der Waals surface area contributed by atoms with Gasteiger partial charge in [-0.05, 0) is 36.8 Å². The molecule has 2 heterocycles. The fraction of sp³-hybridized carbons (Fsp3) is 0.316. The zero-order chi connectivity index (χ0) is 17.8. The van der Waals surface area contributed by atoms with E-state index in [1.165, 1.54) is 5.01 Å². The molecule has 1 atom stereocenters. The zero-order valence-corrected chi connectivity index (χ0v) is 14.8. The molecule has 1 aliphatic heterocycles. The lowest BCUT2D eigenvalue weighted by molar-refractivity contribution is -0.305. The van der Waals surface area contributed by atoms with E-state index in [4.69, 9.17) is 0 Å². The van der Waals surface area contributed by atoms with Crippen molar-refractivity contribution < 1.29 is 14.7 Å². The number of hydrogen-bond acceptors (Lipinski definition) is 5. The van der Waals surface area contributed by atoms with Crippen LogP contribution in [0.2, 0.25) is 0 Å². The number of carbonyl (C=O) groups excluding carboxylic acids is 2. The molecule has 0 spiro atoms. The Bertz CT molecular complexity index is 782. The molecule has 6 heteroatoms. The van der Waals surface area contributed by atoms with Crippen molar-refractivity contribution in [2.24, 2.45) is 5.10 Å². The average Bonchev–Trinajstić information content (AvgIpc) is 3.24. The van der Waals surface area contributed by atoms with Crippen LogP contribution in [0.1, 0.15) is 47.7 Å². The van der Waals surface area contributed by atoms with Crippen LogP contribution < -0.4 is 5.11 Å². The lowest BCUT2D eigenvalue weighted by Gasteiger charge is -2.22. The van der Waals surface area contributed by atoms with E-state index in [0.717, 1.165) is 21.7 Å². The van der Waals surface area contributed by atoms with Crippen LogP contribution in [-0.4, -0.2) is 22.6 Å². The molecule has 3 rings (SSSR count). The zero-order valence-electron chi connectivity index (χ0n) is 14.0. The van der Waals surface area contributed by atoms with Crippen molar-refractivity contribution in [1.29, 1.82) is 0 Å². The summed E-state index contributed by atoms with van der Waals surface area (Å²) >= 11 is 1.60. The van der Waals surface area contributed by atoms with Crippen molar-refractivity contribution in [1.82, 2.24) is 5.01 Å². The van der Waals surface area contributed by atoms with Crippen LogP contribution in [0.3, 0.4) is 0 Å². The van der Waals surface area contributed by atoms with Crippen LogP contribution in [0.15, 0.2) is 46.9 Å². The Balaban J connectivity index is 1.81. The van der Waals surface area contributed by atoms with Gasteiger partial charge in [0.1, 0.15) is 0 Å². The molecule has 0 aliphatic carbocycles. The van der Waals surface area contributed by atoms with Gasteiger partial charge >= 0.3 is 0 Å². The second-order valence-electron chi connectivity index (χ2n) is 6.12. The fourth-order valence-electron chi connectivity index (χ4n) is 2.88. The van der Waals surface area contributed by atoms with E-state index >= 15 is 0 Å². The Hall–Kier alpha value is -2.47. The molecule has 0 radical (unpaired) electrons. The maximum absolute atomic E-state index is 12.6. The minimum Gasteiger partial charge on any atom is -0.550 e. The van der Waals surface area contributed by atoms with Gasteiger partial charge in [0.25, 0.3) is 0 Å². The van der Waals surface area contributed by atoms with Crippen LogP contribution in [-0.2, 0) is 9.59 Å². The molecule has 25 heavy (non-hydrogen) atoms. The summed E-state index contributed by atoms with van der Waals surface area (Å²) in [4.78, 5) is 24.2. The Kier molecular flexibility index (Phi) is 5.28. The first kappa shape index (κ1) is 17.4. The number of aryl methyl sites for hydroxylation is 1. The van der Waals surface area contributed by atoms with Gasteiger partial charge in [0.15, 0.2) is 0 Å². The molecule has 1 aromatic heterocycles. The van der Waals surface area contributed by atoms with Gasteiger partial charge in [-0.2, -0.15) is 5.10 Å². The van der Waals surface area contributed by atoms with Crippen LogP contribution in [0, 0.1) is 6.92 Å². The third-order valence-corrected chi connectivity index (χ3v) is 5.12. The van der Waals surface area contributed by atoms with E-state index < -0.39 is 5.97 Å². The summed E-state index contributed by atoms with van der Waals surface area (Å²) in [6.45, 7) is 2.02. The molecular formula is C19H19N2O3S-. The van der Waals surface area contributed by atoms with Gasteiger partial charge in [0.05, 0.1) is 16.6 Å². The lowest BCUT2D eigenvalue weighted by atomic mass is 10.00. The second kappa shape index (κ2) is 7.61. The SMILES string of the molecule is Cc1ccc([C@@H]2CC(c3cccs3)=NN2C(=O)CCCC(=O)[O-])cc1. The van der Waals surface area contributed by atoms with Crippen LogP contribution in [0.5, 0.6) is 0 Å². The smallest absolute Gasteiger partial charge is 0.243 e. The molecule has 5 nitrogen and oxygen atoms in total. The summed E-state index contributed by atoms with van der Waals surface area (Å²) in [7, 11) is 0. The highest BCUT2D eigenvalue weighted by molar-refractivity contribution is 7.12. The van der Waals surface area contributed by atoms with Gasteiger partial charge in [0.2, 0.25) is 5.91 Å². The molecule has 0 saturated heterocycles. The quantitative estimate of drug-likeness (QED) is 0.800. The fourth-order valence-corrected chi connectivity index (χ4v) is 3.60. The maximum atomic E-state index is 12.6. The van der Waals surface area contributed by atoms with Gasteiger partial charge in [0, 0.05) is 18.8 Å². The van der Waals surface area contributed by atoms with Crippen molar-refractivity contribution in [3.05, 3.63) is 57.8 Å². The molecular weight excluding hydrogens is 336 g/mol. The number of benzene rings is 1. The highest BCUT2D eigenvalue weighted by Crippen LogP contribution is 2.34. The van der Waals surface area contributed by atoms with E-state index in [1.807, 2.05) is 48.7 Å². The summed E-state index contributed by atoms with van der Waals surface area (Å²) in [5, 5.41) is 18.6. The number of carbonyl (C=O) groups is 2. The first-order valence-electron chi connectivity index (χ1n) is 8.24. The molecule has 0 fully saturated rings. The minimum atomic E-state index is -1.13. The van der Waals surface area contributed by atoms with Gasteiger partial charge in [-0.1, -0.05) is 35.9 Å². The summed E-state index contributed by atoms with van der Waals surface area (Å²) in [5.41, 5.74) is 3.09. The molecule has 130 valence electrons. The topological polar surface area (TPSA) is 72.8 Å². The molecule has 2 aromatic rings. The molecule has 1 aliphatic rings. The largest absolute Gasteiger partial charge is 0.550 e. The number of hydrazone groups is 1. The predicted molar refractivity (Wildman–Crippen MR) is 95.1 cm³/mol. The Morgan fingerprint density at radius 3 is 2.64 bits per heavy atom. The van der Waals surface area contributed by atoms with E-state index in [1.54, 1.807) is 11.3 Å². The Labute approximate surface area is 150 Å². The monoisotopic (exact) mass is 355 g/mol. The number of nitrogens with zero attached hydrogens (tertiary/aromatic N) is 2. The molecule has 1 aromatic carbocycles. The van der Waals surface area contributed by atoms with Crippen molar-refractivity contribution in [3.63, 3.8) is 0 Å². The molecule has 0 bridgehead atoms. The third-order valence-electron chi connectivity index (χ3n) is 4.21. The average molecular weight is 355 g/mol. The predicted octanol–water partition coefficient (Wildman–Crippen LogP) is 2.65. The summed E-state index contributed by atoms with van der Waals surface area (Å²) in [6.07, 6.45) is 0.964. The van der Waals surface area contributed by atoms with E-state index in [2.05, 4.69) is 5.10 Å². The van der Waals surface area contributed by atoms with Gasteiger partial charge in [-0.3, -0.25) is 4.79 Å². The molecule has 1 amide bonds. The Morgan fingerprint density at radius 2 is 2.00 bits per heavy atom. The van der Waals surface area contributed by atoms with Crippen molar-refractivity contribution in [2.45, 2.75) is 38.6 Å². The number of rotatable bonds is 6. The molecule has 0 N–H and O–H groups in total. The standard InChI is InChI=1S/C19H20N2O3S/c1-13-7-9-14(10-8-13)16-12-15(17-4-3-11-25-17)20-21(16)18(22)5-2-6-19(23)24/h3-4,7-11,16H,2,5-6,12H2,1H3,(H,23,24)/p-1/t16-/m0/s1. The summed E-state index contributed by atoms with van der Waals surface area (Å²) in [6, 6.07) is 11.9. The van der Waals surface area contributed by atoms with Crippen LogP contribution in [0.25, 0.3) is 0 Å². The summed E-state index contributed by atoms with van der Waals surface area (Å²) < 4.78 is 0. The highest BCUT2D eigenvalue weighted by Gasteiger charge is 2.32. The lowest BCUT2D eigenvalue weighted by Crippen LogP contribution is -2.28. The normalized spacial score (nSPS) is 16.8. The first-order chi connectivity index (χ1) is 12.0. The van der Waals surface area contributed by atoms with Crippen molar-refractivity contribution in [2.75, 3.05) is 0 Å². The minimum absolute atomic E-state index is 0.115. The van der Waals surface area contributed by atoms with E-state index in [9.17, 15) is 14.7 Å². The van der Waals surface area contributed by atoms with Crippen LogP contribution >= 0.6 is 11.3 Å². The summed E-state index contributed by atoms with van der Waals surface area (Å²) in [5.74, 6) is -1.29. The number of aliphatic carboxylic acids is 1. The molecule has 0 unspecified atom stereocenters. The van der Waals surface area contributed by atoms with Crippen molar-refractivity contribution in [3.8, 4) is 0 Å². The number of hydrogen-bond donors (Lipinski definition) is 0. The van der Waals surface area contributed by atoms with Crippen LogP contribution in [0.4, 0.5) is 0 Å². The highest BCUT2D eigenvalue weighted by atomic mass is 32.1. The van der Waals surface area contributed by atoms with Gasteiger partial charge in [-0.25, -0.2) is 5.01 Å². The number of thiophene rings is 1. The van der Waals surface area contributed by atoms with Gasteiger partial charge < -0.3 is 9.90 Å². The van der Waals surface area contributed by atoms with Gasteiger partial charge in [-0.15, -0.1) is 11.3 Å². The first-order valence-corrected chi connectivity index (χ1v) is 9.12. The Morgan fingerprint density at radius 1 is 1.24 bits per heavy atom. The van der Waals surface area contributed by atoms with Crippen molar-refractivity contribution >= 4 is 28.9 Å². The van der Waals surface area contributed by atoms with E-state index in [-0.39, 0.29) is 31.2 Å².